The standard InChI is InChI=1S/C40H44N6O5S/c41-34-12-4-5-13-35(34)45-38(49)15-3-1-2-14-37(48)42-23-28-8-6-9-30(20-28)31-10-7-11-32(21-31)39-50-33(25-52-40-43-26-44-46-40)22-36(51-39)29-18-16-27(24-47)17-19-29/h4-13,16-21,26,33,36,39,47H,1-3,14-15,22-25,41H2,(H,42,48)(H,45,49)(H,43,44,46). The molecule has 3 atom stereocenters. The van der Waals surface area contributed by atoms with Crippen molar-refractivity contribution in [3.05, 3.63) is 126 Å². The largest absolute Gasteiger partial charge is 0.397 e. The third-order valence-corrected chi connectivity index (χ3v) is 9.87. The van der Waals surface area contributed by atoms with E-state index < -0.39 is 6.29 Å². The zero-order valence-electron chi connectivity index (χ0n) is 28.9. The number of para-hydroxylation sites is 2. The molecule has 1 aliphatic heterocycles. The number of benzene rings is 4. The Kier molecular flexibility index (Phi) is 13.1. The van der Waals surface area contributed by atoms with E-state index in [0.29, 0.717) is 55.8 Å². The van der Waals surface area contributed by atoms with Crippen LogP contribution < -0.4 is 16.4 Å². The van der Waals surface area contributed by atoms with Crippen LogP contribution in [0.25, 0.3) is 11.1 Å². The quantitative estimate of drug-likeness (QED) is 0.0407. The number of aliphatic hydroxyl groups is 1. The predicted molar refractivity (Wildman–Crippen MR) is 202 cm³/mol. The maximum absolute atomic E-state index is 12.6. The zero-order chi connectivity index (χ0) is 36.1. The van der Waals surface area contributed by atoms with Gasteiger partial charge in [0.05, 0.1) is 30.2 Å². The van der Waals surface area contributed by atoms with E-state index in [-0.39, 0.29) is 30.6 Å². The predicted octanol–water partition coefficient (Wildman–Crippen LogP) is 7.09. The molecular formula is C40H44N6O5S. The summed E-state index contributed by atoms with van der Waals surface area (Å²) in [5.41, 5.74) is 12.9. The minimum absolute atomic E-state index is 0.0100. The fraction of sp³-hybridized carbons (Fsp3) is 0.300. The third kappa shape index (κ3) is 10.5. The molecule has 0 bridgehead atoms. The molecule has 1 aromatic heterocycles. The molecule has 270 valence electrons. The highest BCUT2D eigenvalue weighted by Crippen LogP contribution is 2.40. The number of unbranched alkanes of at least 4 members (excludes halogenated alkanes) is 2. The van der Waals surface area contributed by atoms with E-state index in [1.54, 1.807) is 23.9 Å². The van der Waals surface area contributed by atoms with Crippen LogP contribution in [0.15, 0.2) is 109 Å². The van der Waals surface area contributed by atoms with Gasteiger partial charge in [-0.1, -0.05) is 91.0 Å². The number of aromatic amines is 1. The number of anilines is 2. The van der Waals surface area contributed by atoms with Crippen LogP contribution in [-0.4, -0.2) is 44.0 Å². The van der Waals surface area contributed by atoms with Gasteiger partial charge in [0, 0.05) is 37.1 Å². The van der Waals surface area contributed by atoms with E-state index in [1.807, 2.05) is 60.7 Å². The molecule has 6 rings (SSSR count). The van der Waals surface area contributed by atoms with Crippen LogP contribution in [0.3, 0.4) is 0 Å². The van der Waals surface area contributed by atoms with Gasteiger partial charge in [0.2, 0.25) is 11.8 Å². The van der Waals surface area contributed by atoms with Gasteiger partial charge in [-0.2, -0.15) is 5.10 Å². The molecular weight excluding hydrogens is 677 g/mol. The number of ether oxygens (including phenoxy) is 2. The van der Waals surface area contributed by atoms with E-state index in [0.717, 1.165) is 45.0 Å². The number of nitrogens with two attached hydrogens (primary N) is 1. The lowest BCUT2D eigenvalue weighted by Gasteiger charge is -2.36. The van der Waals surface area contributed by atoms with Crippen molar-refractivity contribution in [2.45, 2.75) is 75.3 Å². The number of aliphatic hydroxyl groups excluding tert-OH is 1. The molecule has 12 heteroatoms. The number of carbonyl (C=O) groups excluding carboxylic acids is 2. The van der Waals surface area contributed by atoms with Crippen LogP contribution in [0.4, 0.5) is 11.4 Å². The number of thioether (sulfide) groups is 1. The Morgan fingerprint density at radius 3 is 2.38 bits per heavy atom. The van der Waals surface area contributed by atoms with Crippen LogP contribution in [0, 0.1) is 0 Å². The number of nitrogens with one attached hydrogen (secondary N) is 3. The topological polar surface area (TPSA) is 164 Å². The number of nitrogen functional groups attached to an aromatic ring is 1. The first-order valence-corrected chi connectivity index (χ1v) is 18.5. The molecule has 3 unspecified atom stereocenters. The highest BCUT2D eigenvalue weighted by molar-refractivity contribution is 7.99. The first kappa shape index (κ1) is 36.8. The maximum atomic E-state index is 12.6. The summed E-state index contributed by atoms with van der Waals surface area (Å²) in [6.45, 7) is 0.410. The number of aromatic nitrogens is 3. The lowest BCUT2D eigenvalue weighted by atomic mass is 9.99. The number of hydrogen-bond donors (Lipinski definition) is 5. The Balaban J connectivity index is 1.02. The summed E-state index contributed by atoms with van der Waals surface area (Å²) in [6.07, 6.45) is 4.25. The van der Waals surface area contributed by atoms with Crippen molar-refractivity contribution < 1.29 is 24.2 Å². The van der Waals surface area contributed by atoms with Gasteiger partial charge in [-0.15, -0.1) is 0 Å². The number of carbonyl (C=O) groups is 2. The second-order valence-electron chi connectivity index (χ2n) is 12.8. The molecule has 1 saturated heterocycles. The molecule has 4 aromatic carbocycles. The molecule has 0 saturated carbocycles. The average Bonchev–Trinajstić information content (AvgIpc) is 3.71. The summed E-state index contributed by atoms with van der Waals surface area (Å²) in [6, 6.07) is 31.3. The Hall–Kier alpha value is -5.01. The van der Waals surface area contributed by atoms with Crippen molar-refractivity contribution in [1.82, 2.24) is 20.5 Å². The Morgan fingerprint density at radius 1 is 0.846 bits per heavy atom. The monoisotopic (exact) mass is 720 g/mol. The Bertz CT molecular complexity index is 1910. The molecule has 5 aromatic rings. The van der Waals surface area contributed by atoms with Gasteiger partial charge in [0.15, 0.2) is 11.4 Å². The maximum Gasteiger partial charge on any atom is 0.224 e. The lowest BCUT2D eigenvalue weighted by molar-refractivity contribution is -0.245. The smallest absolute Gasteiger partial charge is 0.224 e. The van der Waals surface area contributed by atoms with Crippen LogP contribution in [0.2, 0.25) is 0 Å². The van der Waals surface area contributed by atoms with E-state index >= 15 is 0 Å². The SMILES string of the molecule is Nc1ccccc1NC(=O)CCCCCC(=O)NCc1cccc(-c2cccc(C3OC(CSc4ncn[nH]4)CC(c4ccc(CO)cc4)O3)c2)c1. The number of hydrogen-bond acceptors (Lipinski definition) is 9. The molecule has 11 nitrogen and oxygen atoms in total. The molecule has 6 N–H and O–H groups in total. The molecule has 0 radical (unpaired) electrons. The van der Waals surface area contributed by atoms with Crippen molar-refractivity contribution in [1.29, 1.82) is 0 Å². The van der Waals surface area contributed by atoms with E-state index in [9.17, 15) is 14.7 Å². The highest BCUT2D eigenvalue weighted by Gasteiger charge is 2.32. The van der Waals surface area contributed by atoms with Gasteiger partial charge >= 0.3 is 0 Å². The minimum Gasteiger partial charge on any atom is -0.397 e. The molecule has 2 amide bonds. The Labute approximate surface area is 307 Å². The summed E-state index contributed by atoms with van der Waals surface area (Å²) in [4.78, 5) is 29.1. The van der Waals surface area contributed by atoms with Crippen molar-refractivity contribution >= 4 is 35.0 Å². The van der Waals surface area contributed by atoms with Gasteiger partial charge in [-0.25, -0.2) is 4.98 Å². The average molecular weight is 721 g/mol. The van der Waals surface area contributed by atoms with E-state index in [1.165, 1.54) is 6.33 Å². The summed E-state index contributed by atoms with van der Waals surface area (Å²) < 4.78 is 13.1. The van der Waals surface area contributed by atoms with E-state index in [4.69, 9.17) is 15.2 Å². The summed E-state index contributed by atoms with van der Waals surface area (Å²) in [5.74, 6) is 0.579. The highest BCUT2D eigenvalue weighted by atomic mass is 32.2. The van der Waals surface area contributed by atoms with Gasteiger partial charge in [-0.3, -0.25) is 14.7 Å². The zero-order valence-corrected chi connectivity index (χ0v) is 29.7. The number of rotatable bonds is 16. The first-order valence-electron chi connectivity index (χ1n) is 17.5. The summed E-state index contributed by atoms with van der Waals surface area (Å²) in [7, 11) is 0. The third-order valence-electron chi connectivity index (χ3n) is 8.87. The second-order valence-corrected chi connectivity index (χ2v) is 13.8. The molecule has 1 aliphatic rings. The second kappa shape index (κ2) is 18.5. The fourth-order valence-electron chi connectivity index (χ4n) is 6.04. The molecule has 1 fully saturated rings. The molecule has 0 spiro atoms. The van der Waals surface area contributed by atoms with Crippen molar-refractivity contribution in [3.63, 3.8) is 0 Å². The van der Waals surface area contributed by atoms with E-state index in [2.05, 4.69) is 50.1 Å². The minimum atomic E-state index is -0.587. The molecule has 2 heterocycles. The normalized spacial score (nSPS) is 17.1. The molecule has 0 aliphatic carbocycles. The van der Waals surface area contributed by atoms with Crippen molar-refractivity contribution in [3.8, 4) is 11.1 Å². The van der Waals surface area contributed by atoms with Crippen LogP contribution in [0.1, 0.15) is 73.2 Å². The number of nitrogens with zero attached hydrogens (tertiary/aromatic N) is 2. The van der Waals surface area contributed by atoms with Gasteiger partial charge < -0.3 is 30.9 Å². The van der Waals surface area contributed by atoms with Gasteiger partial charge in [-0.05, 0) is 64.9 Å². The number of H-pyrrole nitrogens is 1. The van der Waals surface area contributed by atoms with Crippen LogP contribution in [0.5, 0.6) is 0 Å². The van der Waals surface area contributed by atoms with Crippen molar-refractivity contribution in [2.75, 3.05) is 16.8 Å². The van der Waals surface area contributed by atoms with Gasteiger partial charge in [0.25, 0.3) is 0 Å². The van der Waals surface area contributed by atoms with Crippen LogP contribution in [-0.2, 0) is 32.2 Å². The summed E-state index contributed by atoms with van der Waals surface area (Å²) >= 11 is 1.56. The van der Waals surface area contributed by atoms with Crippen molar-refractivity contribution in [2.24, 2.45) is 0 Å². The van der Waals surface area contributed by atoms with Crippen LogP contribution >= 0.6 is 11.8 Å². The van der Waals surface area contributed by atoms with Gasteiger partial charge in [0.1, 0.15) is 6.33 Å². The first-order chi connectivity index (χ1) is 25.4. The summed E-state index contributed by atoms with van der Waals surface area (Å²) in [5, 5.41) is 23.0. The Morgan fingerprint density at radius 2 is 1.62 bits per heavy atom. The fourth-order valence-corrected chi connectivity index (χ4v) is 6.84. The lowest BCUT2D eigenvalue weighted by Crippen LogP contribution is -2.31. The number of amides is 2. The molecule has 52 heavy (non-hydrogen) atoms.